The minimum atomic E-state index is 0. The van der Waals surface area contributed by atoms with Crippen LogP contribution >= 0.6 is 35.3 Å². The normalized spacial score (nSPS) is 15.4. The first-order chi connectivity index (χ1) is 13.7. The van der Waals surface area contributed by atoms with Gasteiger partial charge in [-0.2, -0.15) is 0 Å². The first-order valence-corrected chi connectivity index (χ1v) is 11.2. The topological polar surface area (TPSA) is 52.6 Å². The van der Waals surface area contributed by atoms with Crippen molar-refractivity contribution < 1.29 is 0 Å². The molecule has 160 valence electrons. The van der Waals surface area contributed by atoms with Gasteiger partial charge in [-0.3, -0.25) is 9.89 Å². The van der Waals surface area contributed by atoms with Gasteiger partial charge in [0.1, 0.15) is 0 Å². The van der Waals surface area contributed by atoms with Gasteiger partial charge < -0.3 is 10.6 Å². The Morgan fingerprint density at radius 3 is 2.48 bits per heavy atom. The van der Waals surface area contributed by atoms with Crippen LogP contribution in [0.25, 0.3) is 0 Å². The number of thiazole rings is 1. The van der Waals surface area contributed by atoms with Gasteiger partial charge in [-0.15, -0.1) is 35.3 Å². The van der Waals surface area contributed by atoms with Gasteiger partial charge in [-0.05, 0) is 44.0 Å². The predicted octanol–water partition coefficient (Wildman–Crippen LogP) is 4.35. The van der Waals surface area contributed by atoms with E-state index in [9.17, 15) is 0 Å². The molecule has 1 fully saturated rings. The molecule has 1 aromatic heterocycles. The van der Waals surface area contributed by atoms with Gasteiger partial charge in [0, 0.05) is 44.2 Å². The smallest absolute Gasteiger partial charge is 0.191 e. The highest BCUT2D eigenvalue weighted by Crippen LogP contribution is 2.16. The standard InChI is InChI=1S/C22H33N5S.HI/c1-18-15-25-21(28-18)11-12-24-22(23-2)26-16-19-9-5-6-10-20(19)17-27-13-7-3-4-8-14-27;/h5-6,9-10,15H,3-4,7-8,11-14,16-17H2,1-2H3,(H2,23,24,26);1H. The van der Waals surface area contributed by atoms with Gasteiger partial charge in [0.05, 0.1) is 5.01 Å². The molecule has 0 aliphatic carbocycles. The Bertz CT molecular complexity index is 753. The number of benzene rings is 1. The zero-order chi connectivity index (χ0) is 19.6. The number of aromatic nitrogens is 1. The summed E-state index contributed by atoms with van der Waals surface area (Å²) in [7, 11) is 1.83. The second kappa shape index (κ2) is 13.2. The molecule has 0 atom stereocenters. The van der Waals surface area contributed by atoms with E-state index < -0.39 is 0 Å². The minimum Gasteiger partial charge on any atom is -0.356 e. The molecule has 0 radical (unpaired) electrons. The van der Waals surface area contributed by atoms with Crippen LogP contribution in [0.4, 0.5) is 0 Å². The lowest BCUT2D eigenvalue weighted by Crippen LogP contribution is -2.38. The molecule has 1 aliphatic heterocycles. The average molecular weight is 528 g/mol. The summed E-state index contributed by atoms with van der Waals surface area (Å²) >= 11 is 1.76. The number of likely N-dealkylation sites (tertiary alicyclic amines) is 1. The maximum Gasteiger partial charge on any atom is 0.191 e. The van der Waals surface area contributed by atoms with Crippen molar-refractivity contribution in [1.82, 2.24) is 20.5 Å². The molecule has 0 spiro atoms. The zero-order valence-electron chi connectivity index (χ0n) is 17.6. The van der Waals surface area contributed by atoms with Crippen LogP contribution in [0.15, 0.2) is 35.5 Å². The third-order valence-electron chi connectivity index (χ3n) is 5.18. The fourth-order valence-corrected chi connectivity index (χ4v) is 4.41. The number of aliphatic imine (C=N–C) groups is 1. The summed E-state index contributed by atoms with van der Waals surface area (Å²) in [6.07, 6.45) is 8.27. The van der Waals surface area contributed by atoms with E-state index in [4.69, 9.17) is 0 Å². The van der Waals surface area contributed by atoms with E-state index in [1.807, 2.05) is 13.2 Å². The largest absolute Gasteiger partial charge is 0.356 e. The lowest BCUT2D eigenvalue weighted by Gasteiger charge is -2.22. The molecule has 2 heterocycles. The Labute approximate surface area is 196 Å². The van der Waals surface area contributed by atoms with E-state index >= 15 is 0 Å². The molecule has 1 aromatic carbocycles. The van der Waals surface area contributed by atoms with Crippen molar-refractivity contribution in [2.45, 2.75) is 52.1 Å². The van der Waals surface area contributed by atoms with Crippen molar-refractivity contribution in [2.24, 2.45) is 4.99 Å². The summed E-state index contributed by atoms with van der Waals surface area (Å²) in [5.41, 5.74) is 2.77. The van der Waals surface area contributed by atoms with Crippen molar-refractivity contribution in [2.75, 3.05) is 26.7 Å². The lowest BCUT2D eigenvalue weighted by molar-refractivity contribution is 0.276. The second-order valence-corrected chi connectivity index (χ2v) is 8.75. The average Bonchev–Trinajstić information content (AvgIpc) is 2.96. The summed E-state index contributed by atoms with van der Waals surface area (Å²) in [6.45, 7) is 7.22. The van der Waals surface area contributed by atoms with E-state index in [2.05, 4.69) is 56.7 Å². The molecule has 0 saturated carbocycles. The maximum absolute atomic E-state index is 4.42. The highest BCUT2D eigenvalue weighted by molar-refractivity contribution is 14.0. The molecule has 0 amide bonds. The molecule has 29 heavy (non-hydrogen) atoms. The molecular weight excluding hydrogens is 493 g/mol. The minimum absolute atomic E-state index is 0. The molecule has 0 bridgehead atoms. The van der Waals surface area contributed by atoms with Crippen LogP contribution in [0.5, 0.6) is 0 Å². The summed E-state index contributed by atoms with van der Waals surface area (Å²) in [4.78, 5) is 12.7. The van der Waals surface area contributed by atoms with Crippen LogP contribution in [-0.2, 0) is 19.5 Å². The van der Waals surface area contributed by atoms with Crippen LogP contribution in [0.1, 0.15) is 46.7 Å². The molecule has 1 saturated heterocycles. The molecule has 5 nitrogen and oxygen atoms in total. The third kappa shape index (κ3) is 8.22. The van der Waals surface area contributed by atoms with Gasteiger partial charge >= 0.3 is 0 Å². The third-order valence-corrected chi connectivity index (χ3v) is 6.15. The molecule has 3 rings (SSSR count). The number of nitrogens with one attached hydrogen (secondary N) is 2. The van der Waals surface area contributed by atoms with E-state index in [1.54, 1.807) is 11.3 Å². The second-order valence-electron chi connectivity index (χ2n) is 7.43. The summed E-state index contributed by atoms with van der Waals surface area (Å²) in [5, 5.41) is 8.04. The number of guanidine groups is 1. The van der Waals surface area contributed by atoms with Crippen molar-refractivity contribution in [3.8, 4) is 0 Å². The Hall–Kier alpha value is -1.19. The van der Waals surface area contributed by atoms with Crippen molar-refractivity contribution in [1.29, 1.82) is 0 Å². The van der Waals surface area contributed by atoms with Gasteiger partial charge in [0.25, 0.3) is 0 Å². The van der Waals surface area contributed by atoms with E-state index in [-0.39, 0.29) is 24.0 Å². The first kappa shape index (κ1) is 24.1. The van der Waals surface area contributed by atoms with Crippen LogP contribution in [0.2, 0.25) is 0 Å². The van der Waals surface area contributed by atoms with Crippen molar-refractivity contribution in [3.05, 3.63) is 51.5 Å². The Balaban J connectivity index is 0.00000300. The molecule has 2 N–H and O–H groups in total. The van der Waals surface area contributed by atoms with Gasteiger partial charge in [0.2, 0.25) is 0 Å². The van der Waals surface area contributed by atoms with Gasteiger partial charge in [-0.25, -0.2) is 4.98 Å². The van der Waals surface area contributed by atoms with Crippen LogP contribution < -0.4 is 10.6 Å². The molecule has 7 heteroatoms. The summed E-state index contributed by atoms with van der Waals surface area (Å²) in [6, 6.07) is 8.78. The van der Waals surface area contributed by atoms with Crippen LogP contribution in [0, 0.1) is 6.92 Å². The zero-order valence-corrected chi connectivity index (χ0v) is 20.8. The van der Waals surface area contributed by atoms with Gasteiger partial charge in [0.15, 0.2) is 5.96 Å². The first-order valence-electron chi connectivity index (χ1n) is 10.4. The molecule has 0 unspecified atom stereocenters. The lowest BCUT2D eigenvalue weighted by atomic mass is 10.1. The van der Waals surface area contributed by atoms with Crippen LogP contribution in [-0.4, -0.2) is 42.5 Å². The Kier molecular flexibility index (Phi) is 10.9. The van der Waals surface area contributed by atoms with E-state index in [1.165, 1.54) is 59.8 Å². The number of hydrogen-bond acceptors (Lipinski definition) is 4. The number of aryl methyl sites for hydroxylation is 1. The maximum atomic E-state index is 4.42. The molecule has 2 aromatic rings. The highest BCUT2D eigenvalue weighted by atomic mass is 127. The van der Waals surface area contributed by atoms with Gasteiger partial charge in [-0.1, -0.05) is 37.1 Å². The van der Waals surface area contributed by atoms with Crippen LogP contribution in [0.3, 0.4) is 0 Å². The quantitative estimate of drug-likeness (QED) is 0.320. The molecule has 1 aliphatic rings. The van der Waals surface area contributed by atoms with E-state index in [0.717, 1.165) is 32.0 Å². The van der Waals surface area contributed by atoms with E-state index in [0.29, 0.717) is 0 Å². The summed E-state index contributed by atoms with van der Waals surface area (Å²) < 4.78 is 0. The van der Waals surface area contributed by atoms with Crippen molar-refractivity contribution in [3.63, 3.8) is 0 Å². The fraction of sp³-hybridized carbons (Fsp3) is 0.545. The SMILES string of the molecule is CN=C(NCCc1ncc(C)s1)NCc1ccccc1CN1CCCCCC1.I. The highest BCUT2D eigenvalue weighted by Gasteiger charge is 2.12. The fourth-order valence-electron chi connectivity index (χ4n) is 3.62. The number of halogens is 1. The Morgan fingerprint density at radius 1 is 1.10 bits per heavy atom. The van der Waals surface area contributed by atoms with Crippen molar-refractivity contribution >= 4 is 41.3 Å². The number of nitrogens with zero attached hydrogens (tertiary/aromatic N) is 3. The molecular formula is C22H34IN5S. The Morgan fingerprint density at radius 2 is 1.83 bits per heavy atom. The monoisotopic (exact) mass is 527 g/mol. The number of rotatable bonds is 7. The number of hydrogen-bond donors (Lipinski definition) is 2. The summed E-state index contributed by atoms with van der Waals surface area (Å²) in [5.74, 6) is 0.845. The predicted molar refractivity (Wildman–Crippen MR) is 134 cm³/mol.